The van der Waals surface area contributed by atoms with Gasteiger partial charge in [0.15, 0.2) is 17.3 Å². The molecule has 0 saturated heterocycles. The summed E-state index contributed by atoms with van der Waals surface area (Å²) in [5.74, 6) is -0.933. The molecule has 0 saturated carbocycles. The Hall–Kier alpha value is -7.59. The van der Waals surface area contributed by atoms with Gasteiger partial charge in [-0.1, -0.05) is 223 Å². The monoisotopic (exact) mass is 1280 g/mol. The van der Waals surface area contributed by atoms with Crippen molar-refractivity contribution in [3.63, 3.8) is 0 Å². The van der Waals surface area contributed by atoms with Crippen molar-refractivity contribution in [2.75, 3.05) is 41.4 Å². The van der Waals surface area contributed by atoms with Crippen LogP contribution in [-0.4, -0.2) is 68.6 Å². The Morgan fingerprint density at radius 2 is 0.630 bits per heavy atom. The van der Waals surface area contributed by atoms with Crippen LogP contribution in [0.1, 0.15) is 70.0 Å². The fourth-order valence-corrected chi connectivity index (χ4v) is 7.72. The molecule has 8 aromatic rings. The predicted octanol–water partition coefficient (Wildman–Crippen LogP) is 8.84. The molecule has 0 N–H and O–H groups in total. The number of rotatable bonds is 18. The molecule has 0 bridgehead atoms. The molecule has 413 valence electrons. The molecule has 81 heavy (non-hydrogen) atoms. The summed E-state index contributed by atoms with van der Waals surface area (Å²) in [5, 5.41) is 60.0. The van der Waals surface area contributed by atoms with Gasteiger partial charge in [-0.3, -0.25) is 14.4 Å². The third-order valence-corrected chi connectivity index (χ3v) is 11.9. The number of nitrogens with zero attached hydrogens (tertiary/aromatic N) is 2. The first-order chi connectivity index (χ1) is 38.1. The third kappa shape index (κ3) is 22.8. The van der Waals surface area contributed by atoms with Crippen molar-refractivity contribution in [3.05, 3.63) is 280 Å². The molecule has 0 atom stereocenters. The summed E-state index contributed by atoms with van der Waals surface area (Å²) in [6.45, 7) is 6.55. The van der Waals surface area contributed by atoms with Crippen LogP contribution in [0, 0.1) is 52.0 Å². The first-order valence-electron chi connectivity index (χ1n) is 25.2. The number of carbonyl (C=O) groups is 3. The van der Waals surface area contributed by atoms with Gasteiger partial charge in [0, 0.05) is 42.9 Å². The molecule has 0 aliphatic carbocycles. The number of ether oxygens (including phenoxy) is 2. The molecule has 0 aliphatic rings. The van der Waals surface area contributed by atoms with E-state index in [0.717, 1.165) is 53.6 Å². The number of carbonyl (C=O) groups excluding carboxylic acids is 3. The van der Waals surface area contributed by atoms with E-state index >= 15 is 0 Å². The van der Waals surface area contributed by atoms with Crippen LogP contribution < -0.4 is 35.0 Å². The van der Waals surface area contributed by atoms with Gasteiger partial charge in [-0.2, -0.15) is 0 Å². The quantitative estimate of drug-likeness (QED) is 0.0344. The number of likely N-dealkylation sites (N-methyl/N-ethyl adjacent to an activating group) is 2. The van der Waals surface area contributed by atoms with Crippen LogP contribution in [0.3, 0.4) is 0 Å². The maximum atomic E-state index is 12.4. The topological polar surface area (TPSA) is 191 Å². The third-order valence-electron chi connectivity index (χ3n) is 11.9. The molecule has 0 aliphatic heterocycles. The van der Waals surface area contributed by atoms with E-state index in [1.54, 1.807) is 158 Å². The van der Waals surface area contributed by atoms with Crippen molar-refractivity contribution in [2.24, 2.45) is 0 Å². The number of hydrogen-bond acceptors (Lipinski definition) is 12. The second-order valence-corrected chi connectivity index (χ2v) is 18.2. The summed E-state index contributed by atoms with van der Waals surface area (Å²) in [4.78, 5) is 39.5. The van der Waals surface area contributed by atoms with Crippen molar-refractivity contribution >= 4 is 34.6 Å². The summed E-state index contributed by atoms with van der Waals surface area (Å²) >= 11 is 0. The summed E-state index contributed by atoms with van der Waals surface area (Å²) in [5.41, 5.74) is 6.62. The molecule has 14 heteroatoms. The second kappa shape index (κ2) is 35.9. The van der Waals surface area contributed by atoms with Crippen molar-refractivity contribution < 1.29 is 107 Å². The molecule has 0 spiro atoms. The minimum atomic E-state index is -0.264. The molecule has 0 fully saturated rings. The minimum absolute atomic E-state index is 0. The Balaban J connectivity index is 0.000000289. The van der Waals surface area contributed by atoms with Gasteiger partial charge in [0.05, 0.1) is 14.2 Å². The van der Waals surface area contributed by atoms with E-state index < -0.39 is 0 Å². The first kappa shape index (κ1) is 67.7. The molecular weight excluding hydrogens is 1220 g/mol. The van der Waals surface area contributed by atoms with E-state index in [1.807, 2.05) is 76.5 Å². The number of allylic oxidation sites excluding steroid dienone is 3. The molecule has 8 aromatic carbocycles. The van der Waals surface area contributed by atoms with Gasteiger partial charge in [-0.15, -0.1) is 0 Å². The average molecular weight is 1280 g/mol. The van der Waals surface area contributed by atoms with Crippen molar-refractivity contribution in [3.8, 4) is 23.0 Å². The van der Waals surface area contributed by atoms with Crippen LogP contribution in [0.5, 0.6) is 23.0 Å². The molecule has 12 nitrogen and oxygen atoms in total. The van der Waals surface area contributed by atoms with E-state index in [0.29, 0.717) is 58.0 Å². The maximum Gasteiger partial charge on any atom is 3.00 e. The second-order valence-electron chi connectivity index (χ2n) is 18.2. The van der Waals surface area contributed by atoms with Crippen molar-refractivity contribution in [2.45, 2.75) is 26.9 Å². The Morgan fingerprint density at radius 3 is 0.852 bits per heavy atom. The maximum absolute atomic E-state index is 12.4. The minimum Gasteiger partial charge on any atom is -0.872 e. The summed E-state index contributed by atoms with van der Waals surface area (Å²) in [7, 11) is 7.00. The van der Waals surface area contributed by atoms with Crippen LogP contribution in [0.25, 0.3) is 17.3 Å². The molecule has 1 radical (unpaired) electrons. The predicted molar refractivity (Wildman–Crippen MR) is 303 cm³/mol. The largest absolute Gasteiger partial charge is 3.00 e. The van der Waals surface area contributed by atoms with E-state index in [9.17, 15) is 39.9 Å². The number of aryl methyl sites for hydroxylation is 2. The molecule has 0 amide bonds. The molecule has 8 rings (SSSR count). The zero-order valence-electron chi connectivity index (χ0n) is 46.2. The van der Waals surface area contributed by atoms with E-state index in [4.69, 9.17) is 9.47 Å². The van der Waals surface area contributed by atoms with Crippen LogP contribution >= 0.6 is 0 Å². The van der Waals surface area contributed by atoms with Crippen LogP contribution in [-0.2, 0) is 32.6 Å². The van der Waals surface area contributed by atoms with Gasteiger partial charge in [0.25, 0.3) is 0 Å². The van der Waals surface area contributed by atoms with Crippen molar-refractivity contribution in [1.82, 2.24) is 9.80 Å². The SMILES string of the molecule is COc1cc(C)cc(CN(C)CCN(C)Cc2cc(C)cc(OC)c2[O-])c1[O-].O=C(/C=C(\[O-])c1ccccc1)c1ccccc1.O=C(/C=C(\[O-])c1ccccc1)c1ccccc1.O=C(/C=C(\[O-])c1ccccc1)c1ccccc1.[Dy+3].[Zn+2]. The number of ketones is 3. The molecule has 0 aromatic heterocycles. The smallest absolute Gasteiger partial charge is 0.872 e. The average Bonchev–Trinajstić information content (AvgIpc) is 3.48. The van der Waals surface area contributed by atoms with Gasteiger partial charge >= 0.3 is 57.7 Å². The summed E-state index contributed by atoms with van der Waals surface area (Å²) in [6.07, 6.45) is 3.39. The van der Waals surface area contributed by atoms with Gasteiger partial charge in [0.2, 0.25) is 0 Å². The van der Waals surface area contributed by atoms with Crippen LogP contribution in [0.15, 0.2) is 224 Å². The van der Waals surface area contributed by atoms with Gasteiger partial charge in [-0.25, -0.2) is 0 Å². The standard InChI is InChI=1S/C22H32N2O4.3C15H12O2.Dy.Zn/c1-15-9-17(21(25)19(11-15)27-5)13-23(3)7-8-24(4)14-18-10-16(2)12-20(28-6)22(18)26;3*16-14(12-7-3-1-4-8-12)11-15(17)13-9-5-2-6-10-13;;/h9-12,25-26H,7-8,13-14H2,1-6H3;3*1-11,16H;;/q;;;;+3;+2/p-5/b;3*14-11-;;. The zero-order chi connectivity index (χ0) is 57.1. The van der Waals surface area contributed by atoms with Crippen molar-refractivity contribution in [1.29, 1.82) is 0 Å². The zero-order valence-corrected chi connectivity index (χ0v) is 51.2. The van der Waals surface area contributed by atoms with Crippen LogP contribution in [0.2, 0.25) is 0 Å². The fourth-order valence-electron chi connectivity index (χ4n) is 7.72. The Labute approximate surface area is 518 Å². The summed E-state index contributed by atoms with van der Waals surface area (Å²) < 4.78 is 10.3. The van der Waals surface area contributed by atoms with Gasteiger partial charge in [0.1, 0.15) is 11.5 Å². The summed E-state index contributed by atoms with van der Waals surface area (Å²) in [6, 6.07) is 59.9. The Bertz CT molecular complexity index is 2980. The van der Waals surface area contributed by atoms with Gasteiger partial charge in [-0.05, 0) is 97.2 Å². The normalized spacial score (nSPS) is 10.9. The molecule has 0 unspecified atom stereocenters. The van der Waals surface area contributed by atoms with E-state index in [2.05, 4.69) is 9.80 Å². The van der Waals surface area contributed by atoms with E-state index in [1.165, 1.54) is 14.2 Å². The van der Waals surface area contributed by atoms with E-state index in [-0.39, 0.29) is 104 Å². The Kier molecular flexibility index (Phi) is 30.0. The fraction of sp³-hybridized carbons (Fsp3) is 0.149. The van der Waals surface area contributed by atoms with Crippen LogP contribution in [0.4, 0.5) is 0 Å². The number of benzene rings is 8. The first-order valence-corrected chi connectivity index (χ1v) is 25.2. The van der Waals surface area contributed by atoms with Gasteiger partial charge < -0.3 is 44.8 Å². The Morgan fingerprint density at radius 1 is 0.407 bits per heavy atom. The number of methoxy groups -OCH3 is 2. The number of hydrogen-bond donors (Lipinski definition) is 0. The molecule has 0 heterocycles. The molecular formula is C67H63DyN2O10Zn.